The van der Waals surface area contributed by atoms with Crippen molar-refractivity contribution in [3.8, 4) is 0 Å². The summed E-state index contributed by atoms with van der Waals surface area (Å²) in [6, 6.07) is 0.102. The Labute approximate surface area is 89.2 Å². The van der Waals surface area contributed by atoms with Gasteiger partial charge in [0.15, 0.2) is 0 Å². The van der Waals surface area contributed by atoms with Crippen LogP contribution in [0.5, 0.6) is 0 Å². The third-order valence-corrected chi connectivity index (χ3v) is 2.64. The van der Waals surface area contributed by atoms with Crippen molar-refractivity contribution in [2.45, 2.75) is 25.1 Å². The minimum atomic E-state index is 0.0151. The summed E-state index contributed by atoms with van der Waals surface area (Å²) in [7, 11) is 1.68. The molecule has 0 aromatic carbocycles. The molecule has 1 aliphatic rings. The van der Waals surface area contributed by atoms with Crippen LogP contribution in [-0.4, -0.2) is 36.1 Å². The molecular formula is C10H17N3O2. The molecule has 5 heteroatoms. The summed E-state index contributed by atoms with van der Waals surface area (Å²) in [5, 5.41) is 4.23. The van der Waals surface area contributed by atoms with Gasteiger partial charge in [0, 0.05) is 31.5 Å². The van der Waals surface area contributed by atoms with Crippen molar-refractivity contribution in [1.29, 1.82) is 0 Å². The van der Waals surface area contributed by atoms with E-state index in [9.17, 15) is 0 Å². The highest BCUT2D eigenvalue weighted by atomic mass is 16.5. The van der Waals surface area contributed by atoms with Crippen LogP contribution >= 0.6 is 0 Å². The number of ether oxygens (including phenoxy) is 2. The minimum Gasteiger partial charge on any atom is -0.383 e. The third-order valence-electron chi connectivity index (χ3n) is 2.64. The molecule has 0 amide bonds. The summed E-state index contributed by atoms with van der Waals surface area (Å²) in [5.41, 5.74) is 7.00. The normalized spacial score (nSPS) is 26.0. The number of aromatic nitrogens is 2. The van der Waals surface area contributed by atoms with E-state index in [1.54, 1.807) is 7.11 Å². The fourth-order valence-electron chi connectivity index (χ4n) is 1.78. The SMILES string of the molecule is COCCn1cc([C@@H]2OCC[C@H]2N)cn1. The lowest BCUT2D eigenvalue weighted by atomic mass is 10.1. The molecule has 2 atom stereocenters. The second kappa shape index (κ2) is 4.74. The van der Waals surface area contributed by atoms with Crippen LogP contribution in [-0.2, 0) is 16.0 Å². The van der Waals surface area contributed by atoms with Gasteiger partial charge in [-0.2, -0.15) is 5.10 Å². The molecule has 0 bridgehead atoms. The van der Waals surface area contributed by atoms with Crippen LogP contribution in [0.15, 0.2) is 12.4 Å². The van der Waals surface area contributed by atoms with E-state index in [0.717, 1.165) is 25.1 Å². The molecule has 1 fully saturated rings. The number of nitrogens with two attached hydrogens (primary N) is 1. The second-order valence-electron chi connectivity index (χ2n) is 3.77. The lowest BCUT2D eigenvalue weighted by molar-refractivity contribution is 0.105. The molecule has 84 valence electrons. The molecule has 1 saturated heterocycles. The average molecular weight is 211 g/mol. The van der Waals surface area contributed by atoms with Crippen LogP contribution < -0.4 is 5.73 Å². The third kappa shape index (κ3) is 2.37. The Morgan fingerprint density at radius 3 is 3.27 bits per heavy atom. The molecule has 5 nitrogen and oxygen atoms in total. The Morgan fingerprint density at radius 1 is 1.73 bits per heavy atom. The highest BCUT2D eigenvalue weighted by Gasteiger charge is 2.27. The first-order chi connectivity index (χ1) is 7.31. The Kier molecular flexibility index (Phi) is 3.35. The van der Waals surface area contributed by atoms with Gasteiger partial charge in [-0.05, 0) is 6.42 Å². The van der Waals surface area contributed by atoms with Gasteiger partial charge in [0.1, 0.15) is 6.10 Å². The van der Waals surface area contributed by atoms with Crippen LogP contribution in [0.25, 0.3) is 0 Å². The second-order valence-corrected chi connectivity index (χ2v) is 3.77. The average Bonchev–Trinajstić information content (AvgIpc) is 2.83. The molecule has 0 radical (unpaired) electrons. The van der Waals surface area contributed by atoms with Crippen molar-refractivity contribution in [1.82, 2.24) is 9.78 Å². The summed E-state index contributed by atoms with van der Waals surface area (Å²) in [5.74, 6) is 0. The first-order valence-electron chi connectivity index (χ1n) is 5.19. The highest BCUT2D eigenvalue weighted by molar-refractivity contribution is 5.12. The van der Waals surface area contributed by atoms with Gasteiger partial charge in [-0.1, -0.05) is 0 Å². The van der Waals surface area contributed by atoms with E-state index in [2.05, 4.69) is 5.10 Å². The van der Waals surface area contributed by atoms with Crippen LogP contribution in [0.3, 0.4) is 0 Å². The van der Waals surface area contributed by atoms with Crippen LogP contribution in [0.2, 0.25) is 0 Å². The minimum absolute atomic E-state index is 0.0151. The van der Waals surface area contributed by atoms with Gasteiger partial charge in [0.2, 0.25) is 0 Å². The van der Waals surface area contributed by atoms with E-state index in [0.29, 0.717) is 6.61 Å². The molecule has 2 rings (SSSR count). The molecule has 1 aliphatic heterocycles. The maximum absolute atomic E-state index is 5.93. The van der Waals surface area contributed by atoms with E-state index in [1.165, 1.54) is 0 Å². The zero-order chi connectivity index (χ0) is 10.7. The Hall–Kier alpha value is -0.910. The predicted molar refractivity (Wildman–Crippen MR) is 55.4 cm³/mol. The number of hydrogen-bond donors (Lipinski definition) is 1. The standard InChI is InChI=1S/C10H17N3O2/c1-14-5-3-13-7-8(6-12-13)10-9(11)2-4-15-10/h6-7,9-10H,2-5,11H2,1H3/t9-,10+/m1/s1. The quantitative estimate of drug-likeness (QED) is 0.779. The van der Waals surface area contributed by atoms with Crippen LogP contribution in [0.1, 0.15) is 18.1 Å². The molecule has 0 unspecified atom stereocenters. The molecule has 2 heterocycles. The highest BCUT2D eigenvalue weighted by Crippen LogP contribution is 2.26. The van der Waals surface area contributed by atoms with Crippen molar-refractivity contribution in [3.05, 3.63) is 18.0 Å². The van der Waals surface area contributed by atoms with Gasteiger partial charge in [-0.15, -0.1) is 0 Å². The molecule has 0 spiro atoms. The number of rotatable bonds is 4. The fraction of sp³-hybridized carbons (Fsp3) is 0.700. The summed E-state index contributed by atoms with van der Waals surface area (Å²) in [6.45, 7) is 2.17. The molecule has 0 saturated carbocycles. The van der Waals surface area contributed by atoms with Gasteiger partial charge in [-0.3, -0.25) is 4.68 Å². The number of hydrogen-bond acceptors (Lipinski definition) is 4. The fourth-order valence-corrected chi connectivity index (χ4v) is 1.78. The largest absolute Gasteiger partial charge is 0.383 e. The van der Waals surface area contributed by atoms with Crippen LogP contribution in [0, 0.1) is 0 Å². The lowest BCUT2D eigenvalue weighted by Crippen LogP contribution is -2.23. The van der Waals surface area contributed by atoms with E-state index < -0.39 is 0 Å². The first-order valence-corrected chi connectivity index (χ1v) is 5.19. The van der Waals surface area contributed by atoms with Gasteiger partial charge < -0.3 is 15.2 Å². The maximum atomic E-state index is 5.93. The van der Waals surface area contributed by atoms with Gasteiger partial charge >= 0.3 is 0 Å². The zero-order valence-corrected chi connectivity index (χ0v) is 8.93. The summed E-state index contributed by atoms with van der Waals surface area (Å²) < 4.78 is 12.4. The monoisotopic (exact) mass is 211 g/mol. The molecule has 1 aromatic rings. The van der Waals surface area contributed by atoms with E-state index in [-0.39, 0.29) is 12.1 Å². The van der Waals surface area contributed by atoms with Crippen molar-refractivity contribution >= 4 is 0 Å². The first kappa shape index (κ1) is 10.6. The maximum Gasteiger partial charge on any atom is 0.101 e. The van der Waals surface area contributed by atoms with Gasteiger partial charge in [0.05, 0.1) is 19.3 Å². The Balaban J connectivity index is 1.99. The summed E-state index contributed by atoms with van der Waals surface area (Å²) in [6.07, 6.45) is 4.75. The van der Waals surface area contributed by atoms with Crippen molar-refractivity contribution < 1.29 is 9.47 Å². The molecular weight excluding hydrogens is 194 g/mol. The summed E-state index contributed by atoms with van der Waals surface area (Å²) in [4.78, 5) is 0. The lowest BCUT2D eigenvalue weighted by Gasteiger charge is -2.11. The molecule has 0 aliphatic carbocycles. The molecule has 2 N–H and O–H groups in total. The zero-order valence-electron chi connectivity index (χ0n) is 8.93. The van der Waals surface area contributed by atoms with E-state index >= 15 is 0 Å². The Bertz CT molecular complexity index is 313. The molecule has 1 aromatic heterocycles. The smallest absolute Gasteiger partial charge is 0.101 e. The summed E-state index contributed by atoms with van der Waals surface area (Å²) >= 11 is 0. The van der Waals surface area contributed by atoms with Crippen molar-refractivity contribution in [3.63, 3.8) is 0 Å². The number of methoxy groups -OCH3 is 1. The Morgan fingerprint density at radius 2 is 2.60 bits per heavy atom. The van der Waals surface area contributed by atoms with Gasteiger partial charge in [-0.25, -0.2) is 0 Å². The van der Waals surface area contributed by atoms with Crippen molar-refractivity contribution in [2.75, 3.05) is 20.3 Å². The van der Waals surface area contributed by atoms with Crippen LogP contribution in [0.4, 0.5) is 0 Å². The van der Waals surface area contributed by atoms with Crippen molar-refractivity contribution in [2.24, 2.45) is 5.73 Å². The number of nitrogens with zero attached hydrogens (tertiary/aromatic N) is 2. The van der Waals surface area contributed by atoms with E-state index in [4.69, 9.17) is 15.2 Å². The predicted octanol–water partition coefficient (Wildman–Crippen LogP) is 0.318. The molecule has 15 heavy (non-hydrogen) atoms. The van der Waals surface area contributed by atoms with E-state index in [1.807, 2.05) is 17.1 Å². The van der Waals surface area contributed by atoms with Gasteiger partial charge in [0.25, 0.3) is 0 Å². The topological polar surface area (TPSA) is 62.3 Å².